The molecule has 0 aromatic carbocycles. The highest BCUT2D eigenvalue weighted by Gasteiger charge is 2.31. The first kappa shape index (κ1) is 15.2. The number of aliphatic hydroxyl groups is 1. The van der Waals surface area contributed by atoms with Crippen molar-refractivity contribution in [2.45, 2.75) is 37.5 Å². The van der Waals surface area contributed by atoms with E-state index >= 15 is 0 Å². The summed E-state index contributed by atoms with van der Waals surface area (Å²) in [5.41, 5.74) is 0. The molecular weight excluding hydrogens is 260 g/mol. The fraction of sp³-hybridized carbons (Fsp3) is 1.00. The second-order valence-corrected chi connectivity index (χ2v) is 7.33. The predicted octanol–water partition coefficient (Wildman–Crippen LogP) is 0.419. The SMILES string of the molecule is CSC(C)CNS(=O)(=O)N1CCCCC1CO. The second kappa shape index (κ2) is 6.94. The number of hydrogen-bond donors (Lipinski definition) is 2. The molecule has 1 aliphatic heterocycles. The molecule has 102 valence electrons. The first-order valence-corrected chi connectivity index (χ1v) is 8.64. The molecule has 17 heavy (non-hydrogen) atoms. The molecule has 0 aromatic heterocycles. The minimum absolute atomic E-state index is 0.0982. The van der Waals surface area contributed by atoms with Crippen molar-refractivity contribution in [2.75, 3.05) is 26.0 Å². The molecule has 0 aliphatic carbocycles. The number of piperidine rings is 1. The highest BCUT2D eigenvalue weighted by Crippen LogP contribution is 2.19. The lowest BCUT2D eigenvalue weighted by Crippen LogP contribution is -2.51. The topological polar surface area (TPSA) is 69.6 Å². The Labute approximate surface area is 108 Å². The lowest BCUT2D eigenvalue weighted by Gasteiger charge is -2.33. The van der Waals surface area contributed by atoms with Crippen molar-refractivity contribution < 1.29 is 13.5 Å². The van der Waals surface area contributed by atoms with Crippen LogP contribution in [0.3, 0.4) is 0 Å². The summed E-state index contributed by atoms with van der Waals surface area (Å²) >= 11 is 1.62. The maximum atomic E-state index is 12.1. The lowest BCUT2D eigenvalue weighted by molar-refractivity contribution is 0.154. The third-order valence-electron chi connectivity index (χ3n) is 3.05. The fourth-order valence-electron chi connectivity index (χ4n) is 1.86. The van der Waals surface area contributed by atoms with Gasteiger partial charge in [0.15, 0.2) is 0 Å². The number of nitrogens with zero attached hydrogens (tertiary/aromatic N) is 1. The van der Waals surface area contributed by atoms with Crippen LogP contribution in [0.1, 0.15) is 26.2 Å². The molecule has 1 fully saturated rings. The Balaban J connectivity index is 2.61. The van der Waals surface area contributed by atoms with Gasteiger partial charge in [0.1, 0.15) is 0 Å². The largest absolute Gasteiger partial charge is 0.395 e. The van der Waals surface area contributed by atoms with E-state index in [1.165, 1.54) is 4.31 Å². The summed E-state index contributed by atoms with van der Waals surface area (Å²) in [7, 11) is -3.44. The van der Waals surface area contributed by atoms with Crippen molar-refractivity contribution in [3.63, 3.8) is 0 Å². The minimum Gasteiger partial charge on any atom is -0.395 e. The van der Waals surface area contributed by atoms with Crippen LogP contribution in [0.4, 0.5) is 0 Å². The molecule has 2 N–H and O–H groups in total. The summed E-state index contributed by atoms with van der Waals surface area (Å²) in [6.07, 6.45) is 4.56. The Kier molecular flexibility index (Phi) is 6.22. The summed E-state index contributed by atoms with van der Waals surface area (Å²) in [4.78, 5) is 0. The smallest absolute Gasteiger partial charge is 0.279 e. The summed E-state index contributed by atoms with van der Waals surface area (Å²) in [6.45, 7) is 2.82. The summed E-state index contributed by atoms with van der Waals surface area (Å²) in [5.74, 6) is 0. The molecule has 0 spiro atoms. The summed E-state index contributed by atoms with van der Waals surface area (Å²) in [6, 6.07) is -0.258. The number of nitrogens with one attached hydrogen (secondary N) is 1. The maximum absolute atomic E-state index is 12.1. The van der Waals surface area contributed by atoms with Crippen molar-refractivity contribution >= 4 is 22.0 Å². The quantitative estimate of drug-likeness (QED) is 0.741. The van der Waals surface area contributed by atoms with E-state index in [-0.39, 0.29) is 17.9 Å². The van der Waals surface area contributed by atoms with Gasteiger partial charge in [-0.15, -0.1) is 0 Å². The average Bonchev–Trinajstić information content (AvgIpc) is 2.35. The molecule has 1 saturated heterocycles. The first-order chi connectivity index (χ1) is 8.01. The zero-order valence-corrected chi connectivity index (χ0v) is 12.1. The van der Waals surface area contributed by atoms with E-state index < -0.39 is 10.2 Å². The van der Waals surface area contributed by atoms with E-state index in [2.05, 4.69) is 4.72 Å². The minimum atomic E-state index is -3.44. The third kappa shape index (κ3) is 4.40. The van der Waals surface area contributed by atoms with Gasteiger partial charge in [-0.05, 0) is 19.1 Å². The van der Waals surface area contributed by atoms with Crippen LogP contribution in [-0.2, 0) is 10.2 Å². The van der Waals surface area contributed by atoms with E-state index in [1.54, 1.807) is 11.8 Å². The molecule has 5 nitrogen and oxygen atoms in total. The van der Waals surface area contributed by atoms with E-state index in [4.69, 9.17) is 0 Å². The van der Waals surface area contributed by atoms with Crippen molar-refractivity contribution in [1.82, 2.24) is 9.03 Å². The van der Waals surface area contributed by atoms with Gasteiger partial charge in [-0.2, -0.15) is 24.5 Å². The predicted molar refractivity (Wildman–Crippen MR) is 71.3 cm³/mol. The van der Waals surface area contributed by atoms with Crippen LogP contribution in [0.15, 0.2) is 0 Å². The van der Waals surface area contributed by atoms with Gasteiger partial charge >= 0.3 is 0 Å². The standard InChI is InChI=1S/C10H22N2O3S2/c1-9(16-2)7-11-17(14,15)12-6-4-3-5-10(12)8-13/h9-11,13H,3-8H2,1-2H3. The molecule has 0 aromatic rings. The van der Waals surface area contributed by atoms with Gasteiger partial charge in [-0.3, -0.25) is 0 Å². The molecular formula is C10H22N2O3S2. The van der Waals surface area contributed by atoms with Crippen molar-refractivity contribution in [3.8, 4) is 0 Å². The monoisotopic (exact) mass is 282 g/mol. The van der Waals surface area contributed by atoms with E-state index in [9.17, 15) is 13.5 Å². The molecule has 0 radical (unpaired) electrons. The number of rotatable bonds is 6. The summed E-state index contributed by atoms with van der Waals surface area (Å²) < 4.78 is 28.2. The van der Waals surface area contributed by atoms with Crippen LogP contribution in [0.5, 0.6) is 0 Å². The van der Waals surface area contributed by atoms with E-state index in [1.807, 2.05) is 13.2 Å². The van der Waals surface area contributed by atoms with Gasteiger partial charge < -0.3 is 5.11 Å². The van der Waals surface area contributed by atoms with Gasteiger partial charge in [-0.1, -0.05) is 13.3 Å². The second-order valence-electron chi connectivity index (χ2n) is 4.34. The van der Waals surface area contributed by atoms with E-state index in [0.29, 0.717) is 13.1 Å². The normalized spacial score (nSPS) is 24.8. The van der Waals surface area contributed by atoms with Crippen LogP contribution >= 0.6 is 11.8 Å². The van der Waals surface area contributed by atoms with Crippen LogP contribution < -0.4 is 4.72 Å². The van der Waals surface area contributed by atoms with Gasteiger partial charge in [0.2, 0.25) is 0 Å². The van der Waals surface area contributed by atoms with Crippen molar-refractivity contribution in [2.24, 2.45) is 0 Å². The highest BCUT2D eigenvalue weighted by atomic mass is 32.2. The van der Waals surface area contributed by atoms with E-state index in [0.717, 1.165) is 19.3 Å². The highest BCUT2D eigenvalue weighted by molar-refractivity contribution is 7.99. The van der Waals surface area contributed by atoms with Gasteiger partial charge in [0, 0.05) is 24.4 Å². The Hall–Kier alpha value is 0.180. The van der Waals surface area contributed by atoms with Crippen molar-refractivity contribution in [3.05, 3.63) is 0 Å². The third-order valence-corrected chi connectivity index (χ3v) is 5.65. The molecule has 1 heterocycles. The maximum Gasteiger partial charge on any atom is 0.279 e. The zero-order chi connectivity index (χ0) is 12.9. The molecule has 2 atom stereocenters. The van der Waals surface area contributed by atoms with Gasteiger partial charge in [0.25, 0.3) is 10.2 Å². The number of thioether (sulfide) groups is 1. The Morgan fingerprint density at radius 2 is 2.24 bits per heavy atom. The van der Waals surface area contributed by atoms with Gasteiger partial charge in [-0.25, -0.2) is 4.72 Å². The Morgan fingerprint density at radius 3 is 2.82 bits per heavy atom. The fourth-order valence-corrected chi connectivity index (χ4v) is 3.78. The molecule has 0 amide bonds. The van der Waals surface area contributed by atoms with Gasteiger partial charge in [0.05, 0.1) is 6.61 Å². The molecule has 1 aliphatic rings. The average molecular weight is 282 g/mol. The van der Waals surface area contributed by atoms with Crippen LogP contribution in [0.2, 0.25) is 0 Å². The number of hydrogen-bond acceptors (Lipinski definition) is 4. The Morgan fingerprint density at radius 1 is 1.53 bits per heavy atom. The first-order valence-electron chi connectivity index (χ1n) is 5.91. The van der Waals surface area contributed by atoms with Crippen LogP contribution in [0.25, 0.3) is 0 Å². The molecule has 0 bridgehead atoms. The number of aliphatic hydroxyl groups excluding tert-OH is 1. The Bertz CT molecular complexity index is 322. The molecule has 0 saturated carbocycles. The molecule has 1 rings (SSSR count). The van der Waals surface area contributed by atoms with Crippen LogP contribution in [-0.4, -0.2) is 55.1 Å². The molecule has 2 unspecified atom stereocenters. The van der Waals surface area contributed by atoms with Crippen molar-refractivity contribution in [1.29, 1.82) is 0 Å². The summed E-state index contributed by atoms with van der Waals surface area (Å²) in [5, 5.41) is 9.46. The molecule has 7 heteroatoms. The van der Waals surface area contributed by atoms with Crippen LogP contribution in [0, 0.1) is 0 Å². The lowest BCUT2D eigenvalue weighted by atomic mass is 10.1. The zero-order valence-electron chi connectivity index (χ0n) is 10.4.